The van der Waals surface area contributed by atoms with Crippen molar-refractivity contribution < 1.29 is 34.0 Å². The molecule has 0 radical (unpaired) electrons. The van der Waals surface area contributed by atoms with Crippen molar-refractivity contribution >= 4 is 17.6 Å². The Labute approximate surface area is 217 Å². The van der Waals surface area contributed by atoms with Crippen molar-refractivity contribution in [3.05, 3.63) is 48.0 Å². The van der Waals surface area contributed by atoms with E-state index in [0.29, 0.717) is 11.8 Å². The Hall–Kier alpha value is -3.50. The van der Waals surface area contributed by atoms with Gasteiger partial charge >= 0.3 is 11.9 Å². The molecule has 2 aliphatic heterocycles. The number of likely N-dealkylation sites (tertiary alicyclic amines) is 1. The fraction of sp³-hybridized carbons (Fsp3) is 0.481. The summed E-state index contributed by atoms with van der Waals surface area (Å²) >= 11 is 0. The molecule has 0 aliphatic carbocycles. The number of anilines is 1. The number of carboxylic acid groups (broad SMARTS) is 2. The van der Waals surface area contributed by atoms with Crippen molar-refractivity contribution in [3.63, 3.8) is 0 Å². The van der Waals surface area contributed by atoms with Crippen LogP contribution in [0.3, 0.4) is 0 Å². The number of hydrogen-bond acceptors (Lipinski definition) is 8. The van der Waals surface area contributed by atoms with E-state index in [1.54, 1.807) is 21.3 Å². The van der Waals surface area contributed by atoms with E-state index < -0.39 is 11.9 Å². The van der Waals surface area contributed by atoms with Crippen LogP contribution in [0.25, 0.3) is 0 Å². The maximum Gasteiger partial charge on any atom is 0.414 e. The SMILES string of the molecule is COc1cc(OC)c(OC)cc1CN1CCC(N2CCN(c3ccccc3)CC2)CC1.O=C(O)C(=O)O. The molecule has 0 spiro atoms. The van der Waals surface area contributed by atoms with Crippen LogP contribution in [0.2, 0.25) is 0 Å². The lowest BCUT2D eigenvalue weighted by Crippen LogP contribution is -2.53. The number of ether oxygens (including phenoxy) is 3. The zero-order chi connectivity index (χ0) is 26.8. The van der Waals surface area contributed by atoms with Crippen LogP contribution in [0.5, 0.6) is 17.2 Å². The fourth-order valence-electron chi connectivity index (χ4n) is 4.88. The van der Waals surface area contributed by atoms with Crippen LogP contribution in [0.15, 0.2) is 42.5 Å². The average Bonchev–Trinajstić information content (AvgIpc) is 2.94. The predicted molar refractivity (Wildman–Crippen MR) is 140 cm³/mol. The molecule has 202 valence electrons. The average molecular weight is 516 g/mol. The lowest BCUT2D eigenvalue weighted by atomic mass is 10.0. The highest BCUT2D eigenvalue weighted by Gasteiger charge is 2.28. The molecule has 2 heterocycles. The highest BCUT2D eigenvalue weighted by molar-refractivity contribution is 6.27. The second kappa shape index (κ2) is 13.7. The minimum Gasteiger partial charge on any atom is -0.496 e. The normalized spacial score (nSPS) is 16.9. The minimum absolute atomic E-state index is 0.696. The number of piperidine rings is 1. The largest absolute Gasteiger partial charge is 0.496 e. The van der Waals surface area contributed by atoms with Gasteiger partial charge in [0.1, 0.15) is 5.75 Å². The Balaban J connectivity index is 0.000000568. The lowest BCUT2D eigenvalue weighted by Gasteiger charge is -2.43. The first-order valence-electron chi connectivity index (χ1n) is 12.4. The van der Waals surface area contributed by atoms with Gasteiger partial charge in [0.25, 0.3) is 0 Å². The third-order valence-corrected chi connectivity index (χ3v) is 6.87. The Bertz CT molecular complexity index is 1010. The molecule has 10 heteroatoms. The van der Waals surface area contributed by atoms with E-state index in [1.165, 1.54) is 18.5 Å². The summed E-state index contributed by atoms with van der Waals surface area (Å²) in [5, 5.41) is 14.8. The van der Waals surface area contributed by atoms with Gasteiger partial charge in [0.05, 0.1) is 21.3 Å². The highest BCUT2D eigenvalue weighted by atomic mass is 16.5. The number of carbonyl (C=O) groups is 2. The van der Waals surface area contributed by atoms with Crippen molar-refractivity contribution in [3.8, 4) is 17.2 Å². The summed E-state index contributed by atoms with van der Waals surface area (Å²) in [6.07, 6.45) is 2.45. The summed E-state index contributed by atoms with van der Waals surface area (Å²) in [5.41, 5.74) is 2.50. The standard InChI is InChI=1S/C25H35N3O3.C2H2O4/c1-29-23-18-25(31-3)24(30-2)17-20(23)19-26-11-9-22(10-12-26)28-15-13-27(14-16-28)21-7-5-4-6-8-21;3-1(4)2(5)6/h4-8,17-18,22H,9-16,19H2,1-3H3;(H,3,4)(H,5,6). The Morgan fingerprint density at radius 3 is 1.84 bits per heavy atom. The first-order chi connectivity index (χ1) is 17.9. The Morgan fingerprint density at radius 2 is 1.32 bits per heavy atom. The maximum atomic E-state index is 9.10. The molecule has 0 atom stereocenters. The second-order valence-corrected chi connectivity index (χ2v) is 9.00. The zero-order valence-corrected chi connectivity index (χ0v) is 21.8. The number of hydrogen-bond donors (Lipinski definition) is 2. The Kier molecular flexibility index (Phi) is 10.4. The van der Waals surface area contributed by atoms with E-state index in [0.717, 1.165) is 62.9 Å². The molecule has 2 aromatic carbocycles. The van der Waals surface area contributed by atoms with E-state index in [-0.39, 0.29) is 0 Å². The lowest BCUT2D eigenvalue weighted by molar-refractivity contribution is -0.159. The number of carboxylic acids is 2. The first-order valence-corrected chi connectivity index (χ1v) is 12.4. The number of rotatable bonds is 7. The fourth-order valence-corrected chi connectivity index (χ4v) is 4.88. The van der Waals surface area contributed by atoms with Crippen LogP contribution in [0.1, 0.15) is 18.4 Å². The molecule has 2 N–H and O–H groups in total. The van der Waals surface area contributed by atoms with Gasteiger partial charge in [-0.25, -0.2) is 9.59 Å². The molecule has 0 aromatic heterocycles. The van der Waals surface area contributed by atoms with Crippen LogP contribution in [0.4, 0.5) is 5.69 Å². The third kappa shape index (κ3) is 7.74. The predicted octanol–water partition coefficient (Wildman–Crippen LogP) is 2.65. The van der Waals surface area contributed by atoms with E-state index in [9.17, 15) is 0 Å². The molecule has 10 nitrogen and oxygen atoms in total. The molecule has 2 saturated heterocycles. The molecular weight excluding hydrogens is 478 g/mol. The highest BCUT2D eigenvalue weighted by Crippen LogP contribution is 2.35. The number of nitrogens with zero attached hydrogens (tertiary/aromatic N) is 3. The van der Waals surface area contributed by atoms with Crippen LogP contribution < -0.4 is 19.1 Å². The topological polar surface area (TPSA) is 112 Å². The van der Waals surface area contributed by atoms with Gasteiger partial charge in [0.15, 0.2) is 11.5 Å². The van der Waals surface area contributed by atoms with Gasteiger partial charge in [-0.1, -0.05) is 18.2 Å². The first kappa shape index (κ1) is 28.1. The molecule has 0 amide bonds. The molecule has 0 saturated carbocycles. The quantitative estimate of drug-likeness (QED) is 0.534. The molecule has 0 unspecified atom stereocenters. The van der Waals surface area contributed by atoms with Gasteiger partial charge in [0.2, 0.25) is 0 Å². The van der Waals surface area contributed by atoms with Crippen molar-refractivity contribution in [2.75, 3.05) is 65.5 Å². The molecule has 0 bridgehead atoms. The second-order valence-electron chi connectivity index (χ2n) is 9.00. The summed E-state index contributed by atoms with van der Waals surface area (Å²) in [6, 6.07) is 15.5. The van der Waals surface area contributed by atoms with Crippen LogP contribution in [-0.4, -0.2) is 98.6 Å². The van der Waals surface area contributed by atoms with Gasteiger partial charge in [-0.15, -0.1) is 0 Å². The van der Waals surface area contributed by atoms with Gasteiger partial charge in [0, 0.05) is 56.1 Å². The third-order valence-electron chi connectivity index (χ3n) is 6.87. The van der Waals surface area contributed by atoms with E-state index in [1.807, 2.05) is 12.1 Å². The summed E-state index contributed by atoms with van der Waals surface area (Å²) in [7, 11) is 5.05. The van der Waals surface area contributed by atoms with E-state index in [4.69, 9.17) is 34.0 Å². The summed E-state index contributed by atoms with van der Waals surface area (Å²) in [5.74, 6) is -1.33. The van der Waals surface area contributed by atoms with Crippen molar-refractivity contribution in [2.45, 2.75) is 25.4 Å². The monoisotopic (exact) mass is 515 g/mol. The molecule has 4 rings (SSSR count). The van der Waals surface area contributed by atoms with Gasteiger partial charge in [-0.05, 0) is 44.1 Å². The number of methoxy groups -OCH3 is 3. The minimum atomic E-state index is -1.82. The van der Waals surface area contributed by atoms with Gasteiger partial charge in [-0.3, -0.25) is 9.80 Å². The van der Waals surface area contributed by atoms with Crippen molar-refractivity contribution in [2.24, 2.45) is 0 Å². The van der Waals surface area contributed by atoms with E-state index >= 15 is 0 Å². The van der Waals surface area contributed by atoms with Gasteiger partial charge in [-0.2, -0.15) is 0 Å². The van der Waals surface area contributed by atoms with Crippen LogP contribution >= 0.6 is 0 Å². The molecule has 2 aromatic rings. The zero-order valence-electron chi connectivity index (χ0n) is 21.8. The van der Waals surface area contributed by atoms with Crippen LogP contribution in [0, 0.1) is 0 Å². The number of piperazine rings is 1. The number of aliphatic carboxylic acids is 2. The van der Waals surface area contributed by atoms with Gasteiger partial charge < -0.3 is 29.3 Å². The maximum absolute atomic E-state index is 9.10. The van der Waals surface area contributed by atoms with Crippen molar-refractivity contribution in [1.82, 2.24) is 9.80 Å². The summed E-state index contributed by atoms with van der Waals surface area (Å²) < 4.78 is 16.5. The van der Waals surface area contributed by atoms with Crippen molar-refractivity contribution in [1.29, 1.82) is 0 Å². The van der Waals surface area contributed by atoms with Crippen LogP contribution in [-0.2, 0) is 16.1 Å². The molecule has 37 heavy (non-hydrogen) atoms. The summed E-state index contributed by atoms with van der Waals surface area (Å²) in [6.45, 7) is 7.65. The molecular formula is C27H37N3O7. The molecule has 2 fully saturated rings. The van der Waals surface area contributed by atoms with E-state index in [2.05, 4.69) is 45.0 Å². The summed E-state index contributed by atoms with van der Waals surface area (Å²) in [4.78, 5) is 25.9. The number of benzene rings is 2. The molecule has 2 aliphatic rings. The Morgan fingerprint density at radius 1 is 0.784 bits per heavy atom. The smallest absolute Gasteiger partial charge is 0.414 e. The number of para-hydroxylation sites is 1.